The van der Waals surface area contributed by atoms with Crippen LogP contribution in [0.1, 0.15) is 30.5 Å². The Morgan fingerprint density at radius 2 is 1.89 bits per heavy atom. The summed E-state index contributed by atoms with van der Waals surface area (Å²) < 4.78 is 0. The minimum atomic E-state index is 0.115. The molecule has 1 amide bonds. The van der Waals surface area contributed by atoms with Crippen molar-refractivity contribution in [3.05, 3.63) is 72.1 Å². The summed E-state index contributed by atoms with van der Waals surface area (Å²) in [7, 11) is 0. The first-order valence-corrected chi connectivity index (χ1v) is 10.4. The van der Waals surface area contributed by atoms with Gasteiger partial charge in [0.05, 0.1) is 5.69 Å². The van der Waals surface area contributed by atoms with Gasteiger partial charge in [0.25, 0.3) is 0 Å². The Morgan fingerprint density at radius 3 is 2.71 bits per heavy atom. The number of piperidine rings is 1. The highest BCUT2D eigenvalue weighted by molar-refractivity contribution is 5.91. The zero-order valence-electron chi connectivity index (χ0n) is 16.5. The highest BCUT2D eigenvalue weighted by Gasteiger charge is 2.42. The van der Waals surface area contributed by atoms with Gasteiger partial charge in [-0.1, -0.05) is 36.4 Å². The molecule has 4 heteroatoms. The van der Waals surface area contributed by atoms with Gasteiger partial charge >= 0.3 is 0 Å². The molecule has 0 bridgehead atoms. The van der Waals surface area contributed by atoms with E-state index in [-0.39, 0.29) is 11.3 Å². The minimum absolute atomic E-state index is 0.115. The lowest BCUT2D eigenvalue weighted by atomic mass is 9.79. The van der Waals surface area contributed by atoms with E-state index >= 15 is 0 Å². The number of rotatable bonds is 5. The van der Waals surface area contributed by atoms with Crippen LogP contribution in [0, 0.1) is 5.41 Å². The molecule has 4 nitrogen and oxygen atoms in total. The lowest BCUT2D eigenvalue weighted by Crippen LogP contribution is -2.45. The molecule has 0 unspecified atom stereocenters. The Bertz CT molecular complexity index is 805. The number of hydrogen-bond donors (Lipinski definition) is 0. The standard InChI is InChI=1S/C24H29N3O/c28-23(11-10-22-9-4-5-15-25-22)27-18-14-24(20-27)13-6-16-26(19-24)17-12-21-7-2-1-3-8-21/h1-5,7-11,15H,6,12-14,16-20H2/b11-10+/t24-/m0/s1. The first-order chi connectivity index (χ1) is 13.7. The molecule has 1 atom stereocenters. The number of pyridine rings is 1. The number of benzene rings is 1. The summed E-state index contributed by atoms with van der Waals surface area (Å²) in [6.45, 7) is 5.17. The monoisotopic (exact) mass is 375 g/mol. The van der Waals surface area contributed by atoms with Crippen LogP contribution in [0.5, 0.6) is 0 Å². The summed E-state index contributed by atoms with van der Waals surface area (Å²) in [6, 6.07) is 16.5. The number of carbonyl (C=O) groups is 1. The Hall–Kier alpha value is -2.46. The van der Waals surface area contributed by atoms with Crippen LogP contribution in [0.3, 0.4) is 0 Å². The number of hydrogen-bond acceptors (Lipinski definition) is 3. The molecular formula is C24H29N3O. The lowest BCUT2D eigenvalue weighted by Gasteiger charge is -2.40. The van der Waals surface area contributed by atoms with Gasteiger partial charge in [-0.25, -0.2) is 0 Å². The van der Waals surface area contributed by atoms with Crippen molar-refractivity contribution in [2.45, 2.75) is 25.7 Å². The fourth-order valence-corrected chi connectivity index (χ4v) is 4.63. The number of nitrogens with zero attached hydrogens (tertiary/aromatic N) is 3. The average molecular weight is 376 g/mol. The highest BCUT2D eigenvalue weighted by Crippen LogP contribution is 2.39. The summed E-state index contributed by atoms with van der Waals surface area (Å²) in [4.78, 5) is 21.5. The number of likely N-dealkylation sites (tertiary alicyclic amines) is 2. The summed E-state index contributed by atoms with van der Waals surface area (Å²) in [5, 5.41) is 0. The maximum atomic E-state index is 12.6. The molecule has 3 heterocycles. The Morgan fingerprint density at radius 1 is 1.04 bits per heavy atom. The van der Waals surface area contributed by atoms with Crippen LogP contribution in [-0.2, 0) is 11.2 Å². The highest BCUT2D eigenvalue weighted by atomic mass is 16.2. The molecule has 1 aromatic heterocycles. The van der Waals surface area contributed by atoms with Crippen LogP contribution in [0.4, 0.5) is 0 Å². The van der Waals surface area contributed by atoms with Crippen molar-refractivity contribution in [3.8, 4) is 0 Å². The lowest BCUT2D eigenvalue weighted by molar-refractivity contribution is -0.125. The maximum absolute atomic E-state index is 12.6. The molecule has 1 aromatic carbocycles. The summed E-state index contributed by atoms with van der Waals surface area (Å²) >= 11 is 0. The maximum Gasteiger partial charge on any atom is 0.246 e. The normalized spacial score (nSPS) is 22.9. The molecule has 4 rings (SSSR count). The van der Waals surface area contributed by atoms with E-state index in [0.29, 0.717) is 0 Å². The third-order valence-corrected chi connectivity index (χ3v) is 6.13. The minimum Gasteiger partial charge on any atom is -0.339 e. The van der Waals surface area contributed by atoms with Crippen molar-refractivity contribution < 1.29 is 4.79 Å². The molecule has 2 aromatic rings. The third kappa shape index (κ3) is 4.68. The number of carbonyl (C=O) groups excluding carboxylic acids is 1. The quantitative estimate of drug-likeness (QED) is 0.749. The molecule has 2 aliphatic rings. The largest absolute Gasteiger partial charge is 0.339 e. The van der Waals surface area contributed by atoms with E-state index in [9.17, 15) is 4.79 Å². The molecule has 2 aliphatic heterocycles. The van der Waals surface area contributed by atoms with Crippen molar-refractivity contribution in [3.63, 3.8) is 0 Å². The van der Waals surface area contributed by atoms with E-state index in [1.807, 2.05) is 29.2 Å². The van der Waals surface area contributed by atoms with Gasteiger partial charge < -0.3 is 9.80 Å². The van der Waals surface area contributed by atoms with Crippen molar-refractivity contribution in [1.82, 2.24) is 14.8 Å². The predicted molar refractivity (Wildman–Crippen MR) is 113 cm³/mol. The summed E-state index contributed by atoms with van der Waals surface area (Å²) in [5.74, 6) is 0.115. The Balaban J connectivity index is 1.31. The fraction of sp³-hybridized carbons (Fsp3) is 0.417. The molecular weight excluding hydrogens is 346 g/mol. The van der Waals surface area contributed by atoms with Gasteiger partial charge in [-0.2, -0.15) is 0 Å². The van der Waals surface area contributed by atoms with Gasteiger partial charge in [-0.15, -0.1) is 0 Å². The molecule has 0 saturated carbocycles. The number of aromatic nitrogens is 1. The topological polar surface area (TPSA) is 36.4 Å². The zero-order valence-corrected chi connectivity index (χ0v) is 16.5. The smallest absolute Gasteiger partial charge is 0.246 e. The van der Waals surface area contributed by atoms with Crippen LogP contribution in [0.25, 0.3) is 6.08 Å². The summed E-state index contributed by atoms with van der Waals surface area (Å²) in [6.07, 6.45) is 9.95. The second-order valence-corrected chi connectivity index (χ2v) is 8.21. The SMILES string of the molecule is O=C(/C=C/c1ccccn1)N1CC[C@]2(CCCN(CCc3ccccc3)C2)C1. The van der Waals surface area contributed by atoms with Crippen molar-refractivity contribution >= 4 is 12.0 Å². The van der Waals surface area contributed by atoms with Gasteiger partial charge in [-0.05, 0) is 56.0 Å². The Kier molecular flexibility index (Phi) is 5.87. The molecule has 1 spiro atoms. The van der Waals surface area contributed by atoms with Crippen molar-refractivity contribution in [1.29, 1.82) is 0 Å². The van der Waals surface area contributed by atoms with Gasteiger partial charge in [0.15, 0.2) is 0 Å². The third-order valence-electron chi connectivity index (χ3n) is 6.13. The zero-order chi connectivity index (χ0) is 19.2. The molecule has 146 valence electrons. The number of amides is 1. The van der Waals surface area contributed by atoms with E-state index in [4.69, 9.17) is 0 Å². The van der Waals surface area contributed by atoms with Crippen LogP contribution in [-0.4, -0.2) is 53.4 Å². The van der Waals surface area contributed by atoms with E-state index < -0.39 is 0 Å². The second-order valence-electron chi connectivity index (χ2n) is 8.21. The molecule has 0 radical (unpaired) electrons. The second kappa shape index (κ2) is 8.70. The average Bonchev–Trinajstić information content (AvgIpc) is 3.15. The Labute approximate surface area is 167 Å². The van der Waals surface area contributed by atoms with Gasteiger partial charge in [0, 0.05) is 43.9 Å². The van der Waals surface area contributed by atoms with Crippen LogP contribution >= 0.6 is 0 Å². The van der Waals surface area contributed by atoms with Gasteiger partial charge in [0.2, 0.25) is 5.91 Å². The van der Waals surface area contributed by atoms with Gasteiger partial charge in [0.1, 0.15) is 0 Å². The molecule has 2 saturated heterocycles. The van der Waals surface area contributed by atoms with Crippen LogP contribution in [0.2, 0.25) is 0 Å². The van der Waals surface area contributed by atoms with Crippen molar-refractivity contribution in [2.24, 2.45) is 5.41 Å². The molecule has 28 heavy (non-hydrogen) atoms. The first kappa shape index (κ1) is 18.9. The van der Waals surface area contributed by atoms with E-state index in [0.717, 1.165) is 44.7 Å². The molecule has 0 N–H and O–H groups in total. The predicted octanol–water partition coefficient (Wildman–Crippen LogP) is 3.65. The van der Waals surface area contributed by atoms with E-state index in [2.05, 4.69) is 40.2 Å². The van der Waals surface area contributed by atoms with Gasteiger partial charge in [-0.3, -0.25) is 9.78 Å². The summed E-state index contributed by atoms with van der Waals surface area (Å²) in [5.41, 5.74) is 2.52. The van der Waals surface area contributed by atoms with Crippen molar-refractivity contribution in [2.75, 3.05) is 32.7 Å². The van der Waals surface area contributed by atoms with Crippen LogP contribution in [0.15, 0.2) is 60.8 Å². The van der Waals surface area contributed by atoms with Crippen LogP contribution < -0.4 is 0 Å². The fourth-order valence-electron chi connectivity index (χ4n) is 4.63. The first-order valence-electron chi connectivity index (χ1n) is 10.4. The van der Waals surface area contributed by atoms with E-state index in [1.54, 1.807) is 12.3 Å². The van der Waals surface area contributed by atoms with E-state index in [1.165, 1.54) is 24.9 Å². The molecule has 2 fully saturated rings. The molecule has 0 aliphatic carbocycles.